The van der Waals surface area contributed by atoms with E-state index in [-0.39, 0.29) is 6.10 Å². The lowest BCUT2D eigenvalue weighted by atomic mass is 10.0. The summed E-state index contributed by atoms with van der Waals surface area (Å²) in [6, 6.07) is 12.6. The van der Waals surface area contributed by atoms with Crippen LogP contribution in [0.15, 0.2) is 48.7 Å². The number of anilines is 1. The first-order valence-electron chi connectivity index (χ1n) is 7.33. The van der Waals surface area contributed by atoms with E-state index in [4.69, 9.17) is 10.5 Å². The average molecular weight is 310 g/mol. The van der Waals surface area contributed by atoms with Crippen LogP contribution in [0.25, 0.3) is 5.52 Å². The predicted molar refractivity (Wildman–Crippen MR) is 89.0 cm³/mol. The molecule has 23 heavy (non-hydrogen) atoms. The van der Waals surface area contributed by atoms with Gasteiger partial charge in [-0.25, -0.2) is 4.79 Å². The number of nitrogens with two attached hydrogens (primary N) is 1. The van der Waals surface area contributed by atoms with Crippen molar-refractivity contribution >= 4 is 17.2 Å². The lowest BCUT2D eigenvalue weighted by molar-refractivity contribution is 0.0695. The molecule has 0 aliphatic rings. The average Bonchev–Trinajstić information content (AvgIpc) is 2.96. The second kappa shape index (κ2) is 5.68. The van der Waals surface area contributed by atoms with Gasteiger partial charge in [-0.2, -0.15) is 0 Å². The van der Waals surface area contributed by atoms with Gasteiger partial charge in [0.15, 0.2) is 0 Å². The molecule has 0 radical (unpaired) electrons. The van der Waals surface area contributed by atoms with Crippen LogP contribution in [0, 0.1) is 6.92 Å². The summed E-state index contributed by atoms with van der Waals surface area (Å²) in [5.41, 5.74) is 8.99. The predicted octanol–water partition coefficient (Wildman–Crippen LogP) is 3.67. The topological polar surface area (TPSA) is 77.0 Å². The molecule has 0 saturated carbocycles. The number of hydrogen-bond donors (Lipinski definition) is 2. The molecule has 1 aromatic carbocycles. The molecule has 2 aromatic heterocycles. The van der Waals surface area contributed by atoms with E-state index in [9.17, 15) is 9.90 Å². The van der Waals surface area contributed by atoms with Crippen molar-refractivity contribution in [3.8, 4) is 5.75 Å². The third kappa shape index (κ3) is 2.73. The summed E-state index contributed by atoms with van der Waals surface area (Å²) in [6.07, 6.45) is 1.60. The zero-order valence-electron chi connectivity index (χ0n) is 13.0. The third-order valence-corrected chi connectivity index (χ3v) is 3.93. The fraction of sp³-hybridized carbons (Fsp3) is 0.167. The molecular formula is C18H18N2O3. The van der Waals surface area contributed by atoms with Crippen LogP contribution >= 0.6 is 0 Å². The van der Waals surface area contributed by atoms with Gasteiger partial charge in [0, 0.05) is 17.4 Å². The quantitative estimate of drug-likeness (QED) is 0.721. The maximum Gasteiger partial charge on any atom is 0.336 e. The fourth-order valence-corrected chi connectivity index (χ4v) is 2.84. The Balaban J connectivity index is 2.06. The van der Waals surface area contributed by atoms with Crippen molar-refractivity contribution in [2.45, 2.75) is 20.0 Å². The highest BCUT2D eigenvalue weighted by Gasteiger charge is 2.20. The number of aromatic nitrogens is 1. The second-order valence-electron chi connectivity index (χ2n) is 5.51. The van der Waals surface area contributed by atoms with Crippen LogP contribution in [0.3, 0.4) is 0 Å². The smallest absolute Gasteiger partial charge is 0.336 e. The number of carboxylic acids is 1. The van der Waals surface area contributed by atoms with E-state index in [1.54, 1.807) is 37.3 Å². The summed E-state index contributed by atoms with van der Waals surface area (Å²) in [5.74, 6) is -0.251. The molecule has 3 aromatic rings. The monoisotopic (exact) mass is 310 g/mol. The van der Waals surface area contributed by atoms with Gasteiger partial charge in [0.05, 0.1) is 11.3 Å². The molecule has 0 fully saturated rings. The Bertz CT molecular complexity index is 866. The number of ether oxygens (including phenoxy) is 1. The van der Waals surface area contributed by atoms with E-state index in [1.165, 1.54) is 0 Å². The lowest BCUT2D eigenvalue weighted by Crippen LogP contribution is -2.14. The number of rotatable bonds is 4. The van der Waals surface area contributed by atoms with Crippen LogP contribution in [0.1, 0.15) is 34.6 Å². The van der Waals surface area contributed by atoms with Crippen LogP contribution in [0.4, 0.5) is 5.69 Å². The highest BCUT2D eigenvalue weighted by atomic mass is 16.5. The molecule has 0 aliphatic carbocycles. The van der Waals surface area contributed by atoms with Crippen molar-refractivity contribution in [3.05, 3.63) is 65.5 Å². The molecule has 1 unspecified atom stereocenters. The van der Waals surface area contributed by atoms with Gasteiger partial charge < -0.3 is 20.0 Å². The zero-order chi connectivity index (χ0) is 16.6. The second-order valence-corrected chi connectivity index (χ2v) is 5.51. The Labute approximate surface area is 133 Å². The Kier molecular flexibility index (Phi) is 3.70. The highest BCUT2D eigenvalue weighted by molar-refractivity contribution is 5.91. The van der Waals surface area contributed by atoms with E-state index in [2.05, 4.69) is 0 Å². The largest absolute Gasteiger partial charge is 0.484 e. The summed E-state index contributed by atoms with van der Waals surface area (Å²) in [6.45, 7) is 3.71. The van der Waals surface area contributed by atoms with Crippen molar-refractivity contribution in [1.82, 2.24) is 4.40 Å². The number of nitrogens with zero attached hydrogens (tertiary/aromatic N) is 1. The molecule has 2 heterocycles. The number of hydrogen-bond acceptors (Lipinski definition) is 3. The SMILES string of the molecule is Cc1c(C(=O)O)cc2cccn2c1C(C)Oc1ccc(N)cc1. The van der Waals surface area contributed by atoms with E-state index in [1.807, 2.05) is 29.7 Å². The van der Waals surface area contributed by atoms with E-state index >= 15 is 0 Å². The first kappa shape index (κ1) is 15.0. The van der Waals surface area contributed by atoms with Gasteiger partial charge in [0.25, 0.3) is 0 Å². The van der Waals surface area contributed by atoms with Crippen LogP contribution < -0.4 is 10.5 Å². The number of nitrogen functional groups attached to an aromatic ring is 1. The van der Waals surface area contributed by atoms with Gasteiger partial charge >= 0.3 is 5.97 Å². The van der Waals surface area contributed by atoms with Crippen molar-refractivity contribution in [1.29, 1.82) is 0 Å². The molecule has 3 rings (SSSR count). The Morgan fingerprint density at radius 2 is 1.96 bits per heavy atom. The summed E-state index contributed by atoms with van der Waals surface area (Å²) in [7, 11) is 0. The molecule has 1 atom stereocenters. The number of pyridine rings is 1. The minimum Gasteiger partial charge on any atom is -0.484 e. The van der Waals surface area contributed by atoms with Gasteiger partial charge in [-0.15, -0.1) is 0 Å². The summed E-state index contributed by atoms with van der Waals surface area (Å²) in [4.78, 5) is 11.5. The zero-order valence-corrected chi connectivity index (χ0v) is 13.0. The molecule has 0 bridgehead atoms. The molecule has 5 nitrogen and oxygen atoms in total. The molecule has 5 heteroatoms. The van der Waals surface area contributed by atoms with Crippen LogP contribution in [-0.2, 0) is 0 Å². The molecular weight excluding hydrogens is 292 g/mol. The van der Waals surface area contributed by atoms with Gasteiger partial charge in [0.2, 0.25) is 0 Å². The third-order valence-electron chi connectivity index (χ3n) is 3.93. The summed E-state index contributed by atoms with van der Waals surface area (Å²) < 4.78 is 7.94. The maximum atomic E-state index is 11.5. The van der Waals surface area contributed by atoms with Gasteiger partial charge in [-0.3, -0.25) is 0 Å². The molecule has 0 amide bonds. The van der Waals surface area contributed by atoms with E-state index in [0.717, 1.165) is 11.2 Å². The normalized spacial score (nSPS) is 12.3. The number of aromatic carboxylic acids is 1. The van der Waals surface area contributed by atoms with Gasteiger partial charge in [0.1, 0.15) is 11.9 Å². The maximum absolute atomic E-state index is 11.5. The first-order chi connectivity index (χ1) is 11.0. The number of benzene rings is 1. The highest BCUT2D eigenvalue weighted by Crippen LogP contribution is 2.28. The minimum absolute atomic E-state index is 0.291. The molecule has 118 valence electrons. The van der Waals surface area contributed by atoms with E-state index < -0.39 is 5.97 Å². The van der Waals surface area contributed by atoms with Gasteiger partial charge in [-0.05, 0) is 61.9 Å². The first-order valence-corrected chi connectivity index (χ1v) is 7.33. The molecule has 0 saturated heterocycles. The van der Waals surface area contributed by atoms with Crippen molar-refractivity contribution in [3.63, 3.8) is 0 Å². The van der Waals surface area contributed by atoms with Crippen LogP contribution in [0.5, 0.6) is 5.75 Å². The standard InChI is InChI=1S/C18H18N2O3/c1-11-16(18(21)22)10-14-4-3-9-20(14)17(11)12(2)23-15-7-5-13(19)6-8-15/h3-10,12H,19H2,1-2H3,(H,21,22). The van der Waals surface area contributed by atoms with Gasteiger partial charge in [-0.1, -0.05) is 0 Å². The Morgan fingerprint density at radius 1 is 1.26 bits per heavy atom. The minimum atomic E-state index is -0.938. The van der Waals surface area contributed by atoms with Crippen LogP contribution in [-0.4, -0.2) is 15.5 Å². The van der Waals surface area contributed by atoms with Crippen molar-refractivity contribution < 1.29 is 14.6 Å². The number of fused-ring (bicyclic) bond motifs is 1. The number of carboxylic acid groups (broad SMARTS) is 1. The Hall–Kier alpha value is -2.95. The van der Waals surface area contributed by atoms with Crippen LogP contribution in [0.2, 0.25) is 0 Å². The molecule has 0 spiro atoms. The number of carbonyl (C=O) groups is 1. The molecule has 3 N–H and O–H groups in total. The Morgan fingerprint density at radius 3 is 2.61 bits per heavy atom. The fourth-order valence-electron chi connectivity index (χ4n) is 2.84. The van der Waals surface area contributed by atoms with Crippen molar-refractivity contribution in [2.75, 3.05) is 5.73 Å². The molecule has 0 aliphatic heterocycles. The summed E-state index contributed by atoms with van der Waals surface area (Å²) in [5, 5.41) is 9.43. The van der Waals surface area contributed by atoms with E-state index in [0.29, 0.717) is 22.6 Å². The van der Waals surface area contributed by atoms with Crippen molar-refractivity contribution in [2.24, 2.45) is 0 Å². The summed E-state index contributed by atoms with van der Waals surface area (Å²) >= 11 is 0. The lowest BCUT2D eigenvalue weighted by Gasteiger charge is -2.20.